The molecule has 0 aliphatic heterocycles. The molecule has 0 bridgehead atoms. The summed E-state index contributed by atoms with van der Waals surface area (Å²) in [7, 11) is 0. The zero-order valence-electron chi connectivity index (χ0n) is 20.8. The topological polar surface area (TPSA) is 80.9 Å². The summed E-state index contributed by atoms with van der Waals surface area (Å²) in [6.45, 7) is 11.4. The molecule has 0 unspecified atom stereocenters. The van der Waals surface area contributed by atoms with Gasteiger partial charge in [-0.2, -0.15) is 0 Å². The van der Waals surface area contributed by atoms with Crippen LogP contribution in [0.15, 0.2) is 23.3 Å². The summed E-state index contributed by atoms with van der Waals surface area (Å²) >= 11 is 0. The van der Waals surface area contributed by atoms with E-state index in [-0.39, 0.29) is 35.4 Å². The van der Waals surface area contributed by atoms with Gasteiger partial charge >= 0.3 is 0 Å². The van der Waals surface area contributed by atoms with Crippen molar-refractivity contribution in [2.75, 3.05) is 6.61 Å². The highest BCUT2D eigenvalue weighted by atomic mass is 16.3. The van der Waals surface area contributed by atoms with Gasteiger partial charge in [0.2, 0.25) is 0 Å². The summed E-state index contributed by atoms with van der Waals surface area (Å²) in [5, 5.41) is 42.2. The number of fused-ring (bicyclic) bond motifs is 4. The van der Waals surface area contributed by atoms with E-state index < -0.39 is 12.2 Å². The molecule has 3 saturated carbocycles. The van der Waals surface area contributed by atoms with Gasteiger partial charge in [-0.25, -0.2) is 0 Å². The largest absolute Gasteiger partial charge is 0.396 e. The van der Waals surface area contributed by atoms with Crippen LogP contribution in [0.2, 0.25) is 0 Å². The molecule has 4 rings (SSSR count). The predicted molar refractivity (Wildman–Crippen MR) is 128 cm³/mol. The minimum absolute atomic E-state index is 0.0159. The fourth-order valence-corrected chi connectivity index (χ4v) is 8.26. The van der Waals surface area contributed by atoms with E-state index >= 15 is 0 Å². The third-order valence-corrected chi connectivity index (χ3v) is 10.6. The first-order valence-electron chi connectivity index (χ1n) is 13.1. The lowest BCUT2D eigenvalue weighted by Gasteiger charge is -2.58. The van der Waals surface area contributed by atoms with E-state index in [9.17, 15) is 20.4 Å². The van der Waals surface area contributed by atoms with Gasteiger partial charge in [0, 0.05) is 6.61 Å². The summed E-state index contributed by atoms with van der Waals surface area (Å²) < 4.78 is 0. The molecular formula is C28H46O4. The van der Waals surface area contributed by atoms with E-state index in [2.05, 4.69) is 46.8 Å². The second kappa shape index (κ2) is 8.83. The van der Waals surface area contributed by atoms with Gasteiger partial charge in [-0.15, -0.1) is 0 Å². The highest BCUT2D eigenvalue weighted by molar-refractivity contribution is 5.38. The first-order chi connectivity index (χ1) is 15.0. The van der Waals surface area contributed by atoms with Gasteiger partial charge in [0.1, 0.15) is 0 Å². The van der Waals surface area contributed by atoms with Crippen molar-refractivity contribution in [3.8, 4) is 0 Å². The van der Waals surface area contributed by atoms with Crippen molar-refractivity contribution in [2.24, 2.45) is 46.3 Å². The van der Waals surface area contributed by atoms with Crippen LogP contribution in [0.5, 0.6) is 0 Å². The Morgan fingerprint density at radius 1 is 1.00 bits per heavy atom. The number of aliphatic hydroxyl groups is 4. The third-order valence-electron chi connectivity index (χ3n) is 10.6. The van der Waals surface area contributed by atoms with Crippen molar-refractivity contribution >= 4 is 0 Å². The molecule has 0 radical (unpaired) electrons. The van der Waals surface area contributed by atoms with E-state index in [0.29, 0.717) is 36.5 Å². The van der Waals surface area contributed by atoms with Crippen LogP contribution in [0.3, 0.4) is 0 Å². The Morgan fingerprint density at radius 2 is 1.72 bits per heavy atom. The van der Waals surface area contributed by atoms with E-state index in [4.69, 9.17) is 0 Å². The second-order valence-electron chi connectivity index (χ2n) is 12.4. The monoisotopic (exact) mass is 446 g/mol. The van der Waals surface area contributed by atoms with Crippen molar-refractivity contribution in [3.63, 3.8) is 0 Å². The maximum atomic E-state index is 11.3. The number of hydrogen-bond acceptors (Lipinski definition) is 4. The van der Waals surface area contributed by atoms with Crippen LogP contribution in [0.25, 0.3) is 0 Å². The van der Waals surface area contributed by atoms with Crippen LogP contribution in [-0.4, -0.2) is 45.3 Å². The van der Waals surface area contributed by atoms with Crippen molar-refractivity contribution in [2.45, 2.75) is 97.9 Å². The van der Waals surface area contributed by atoms with Crippen LogP contribution in [0, 0.1) is 46.3 Å². The molecule has 182 valence electrons. The average Bonchev–Trinajstić information content (AvgIpc) is 3.03. The lowest BCUT2D eigenvalue weighted by molar-refractivity contribution is -0.0965. The Kier molecular flexibility index (Phi) is 6.75. The molecule has 0 heterocycles. The molecule has 4 N–H and O–H groups in total. The summed E-state index contributed by atoms with van der Waals surface area (Å²) in [5.41, 5.74) is 2.62. The Hall–Kier alpha value is -0.680. The summed E-state index contributed by atoms with van der Waals surface area (Å²) in [6, 6.07) is 0. The van der Waals surface area contributed by atoms with Crippen LogP contribution >= 0.6 is 0 Å². The molecule has 4 heteroatoms. The fourth-order valence-electron chi connectivity index (χ4n) is 8.26. The molecule has 0 aromatic carbocycles. The molecule has 4 nitrogen and oxygen atoms in total. The maximum absolute atomic E-state index is 11.3. The van der Waals surface area contributed by atoms with Gasteiger partial charge in [-0.3, -0.25) is 0 Å². The summed E-state index contributed by atoms with van der Waals surface area (Å²) in [4.78, 5) is 0. The van der Waals surface area contributed by atoms with E-state index in [1.165, 1.54) is 11.1 Å². The van der Waals surface area contributed by atoms with Crippen LogP contribution in [0.1, 0.15) is 79.6 Å². The van der Waals surface area contributed by atoms with Gasteiger partial charge in [0.15, 0.2) is 0 Å². The Bertz CT molecular complexity index is 759. The molecule has 3 fully saturated rings. The number of hydrogen-bond donors (Lipinski definition) is 4. The lowest BCUT2D eigenvalue weighted by atomic mass is 9.48. The van der Waals surface area contributed by atoms with Crippen LogP contribution in [0.4, 0.5) is 0 Å². The first-order valence-corrected chi connectivity index (χ1v) is 13.1. The smallest absolute Gasteiger partial charge is 0.0761 e. The van der Waals surface area contributed by atoms with E-state index in [1.807, 2.05) is 0 Å². The normalized spacial score (nSPS) is 47.0. The van der Waals surface area contributed by atoms with Gasteiger partial charge < -0.3 is 20.4 Å². The minimum Gasteiger partial charge on any atom is -0.396 e. The first kappa shape index (κ1) is 24.4. The molecular weight excluding hydrogens is 400 g/mol. The predicted octanol–water partition coefficient (Wildman–Crippen LogP) is 4.47. The fraction of sp³-hybridized carbons (Fsp3) is 0.857. The van der Waals surface area contributed by atoms with Crippen molar-refractivity contribution in [3.05, 3.63) is 23.3 Å². The quantitative estimate of drug-likeness (QED) is 0.470. The standard InChI is InChI=1S/C28H46O4/c1-16(18(3)15-29)6-7-17(2)22-14-25(32)26-20-13-24(31)23-12-19(30)8-10-27(23,4)21(20)9-11-28(22,26)5/h6-7,16-19,21-25,29-32H,8-15H2,1-5H3/b7-6+/t16-,17-,18-,19+,21+,22-,23-,24+,25-,27-,28-/m1/s1. The molecule has 0 spiro atoms. The highest BCUT2D eigenvalue weighted by Crippen LogP contribution is 2.65. The maximum Gasteiger partial charge on any atom is 0.0761 e. The lowest BCUT2D eigenvalue weighted by Crippen LogP contribution is -2.53. The molecule has 0 saturated heterocycles. The third kappa shape index (κ3) is 3.83. The van der Waals surface area contributed by atoms with Gasteiger partial charge in [0.05, 0.1) is 18.3 Å². The number of rotatable bonds is 5. The number of allylic oxidation sites excluding steroid dienone is 2. The Morgan fingerprint density at radius 3 is 2.41 bits per heavy atom. The summed E-state index contributed by atoms with van der Waals surface area (Å²) in [6.07, 6.45) is 9.66. The molecule has 4 aliphatic carbocycles. The SMILES string of the molecule is C[C@H](/C=C/[C@@H](C)[C@H]1C[C@@H](O)C2=C3C[C@H](O)[C@H]4C[C@@H](O)CC[C@]4(C)[C@H]3CC[C@@]21C)[C@H](C)CO. The van der Waals surface area contributed by atoms with E-state index in [0.717, 1.165) is 32.1 Å². The summed E-state index contributed by atoms with van der Waals surface area (Å²) in [5.74, 6) is 1.93. The van der Waals surface area contributed by atoms with Gasteiger partial charge in [-0.05, 0) is 96.9 Å². The van der Waals surface area contributed by atoms with Gasteiger partial charge in [0.25, 0.3) is 0 Å². The van der Waals surface area contributed by atoms with Gasteiger partial charge in [-0.1, -0.05) is 52.3 Å². The minimum atomic E-state index is -0.416. The van der Waals surface area contributed by atoms with E-state index in [1.54, 1.807) is 0 Å². The van der Waals surface area contributed by atoms with Crippen LogP contribution in [-0.2, 0) is 0 Å². The molecule has 0 aromatic heterocycles. The molecule has 32 heavy (non-hydrogen) atoms. The second-order valence-corrected chi connectivity index (χ2v) is 12.4. The molecule has 0 aromatic rings. The number of aliphatic hydroxyl groups excluding tert-OH is 4. The highest BCUT2D eigenvalue weighted by Gasteiger charge is 2.59. The molecule has 0 amide bonds. The molecule has 4 aliphatic rings. The zero-order chi connectivity index (χ0) is 23.4. The zero-order valence-corrected chi connectivity index (χ0v) is 20.8. The Labute approximate surface area is 194 Å². The van der Waals surface area contributed by atoms with Crippen LogP contribution < -0.4 is 0 Å². The average molecular weight is 447 g/mol. The molecule has 11 atom stereocenters. The Balaban J connectivity index is 1.63. The van der Waals surface area contributed by atoms with Crippen molar-refractivity contribution < 1.29 is 20.4 Å². The van der Waals surface area contributed by atoms with Crippen molar-refractivity contribution in [1.29, 1.82) is 0 Å². The van der Waals surface area contributed by atoms with Crippen molar-refractivity contribution in [1.82, 2.24) is 0 Å².